The fraction of sp³-hybridized carbons (Fsp3) is 0.227. The van der Waals surface area contributed by atoms with Crippen LogP contribution in [0.3, 0.4) is 0 Å². The summed E-state index contributed by atoms with van der Waals surface area (Å²) < 4.78 is 14.9. The molecule has 4 rings (SSSR count). The number of nitrogens with zero attached hydrogens (tertiary/aromatic N) is 4. The van der Waals surface area contributed by atoms with Gasteiger partial charge in [0.25, 0.3) is 5.91 Å². The van der Waals surface area contributed by atoms with E-state index >= 15 is 0 Å². The molecule has 8 heteroatoms. The number of amides is 2. The summed E-state index contributed by atoms with van der Waals surface area (Å²) in [6, 6.07) is 14.8. The van der Waals surface area contributed by atoms with Gasteiger partial charge < -0.3 is 9.80 Å². The molecule has 2 aromatic carbocycles. The Bertz CT molecular complexity index is 1090. The van der Waals surface area contributed by atoms with Crippen molar-refractivity contribution in [3.8, 4) is 16.9 Å². The predicted octanol–water partition coefficient (Wildman–Crippen LogP) is 3.64. The maximum atomic E-state index is 13.3. The van der Waals surface area contributed by atoms with Crippen LogP contribution in [0, 0.1) is 5.82 Å². The van der Waals surface area contributed by atoms with Crippen LogP contribution in [-0.4, -0.2) is 57.6 Å². The lowest BCUT2D eigenvalue weighted by Gasteiger charge is -2.34. The number of aromatic nitrogens is 2. The van der Waals surface area contributed by atoms with Gasteiger partial charge in [-0.25, -0.2) is 9.07 Å². The molecule has 3 aromatic rings. The van der Waals surface area contributed by atoms with E-state index in [-0.39, 0.29) is 17.6 Å². The molecule has 1 aromatic heterocycles. The molecular weight excluding hydrogens is 407 g/mol. The molecule has 0 unspecified atom stereocenters. The first-order valence-corrected chi connectivity index (χ1v) is 9.97. The summed E-state index contributed by atoms with van der Waals surface area (Å²) in [5.74, 6) is -0.537. The second-order valence-corrected chi connectivity index (χ2v) is 7.49. The highest BCUT2D eigenvalue weighted by molar-refractivity contribution is 6.32. The number of hydrogen-bond acceptors (Lipinski definition) is 3. The highest BCUT2D eigenvalue weighted by Gasteiger charge is 2.27. The highest BCUT2D eigenvalue weighted by Crippen LogP contribution is 2.27. The Kier molecular flexibility index (Phi) is 5.55. The first-order valence-electron chi connectivity index (χ1n) is 9.60. The molecule has 154 valence electrons. The van der Waals surface area contributed by atoms with Crippen LogP contribution < -0.4 is 0 Å². The lowest BCUT2D eigenvalue weighted by molar-refractivity contribution is -0.130. The number of rotatable bonds is 3. The Morgan fingerprint density at radius 2 is 1.60 bits per heavy atom. The van der Waals surface area contributed by atoms with Gasteiger partial charge in [0.15, 0.2) is 0 Å². The monoisotopic (exact) mass is 426 g/mol. The fourth-order valence-corrected chi connectivity index (χ4v) is 3.70. The summed E-state index contributed by atoms with van der Waals surface area (Å²) in [6.07, 6.45) is 0. The Hall–Kier alpha value is -3.19. The van der Waals surface area contributed by atoms with Crippen molar-refractivity contribution in [1.82, 2.24) is 19.6 Å². The molecule has 2 amide bonds. The molecule has 0 atom stereocenters. The molecule has 6 nitrogen and oxygen atoms in total. The maximum Gasteiger partial charge on any atom is 0.272 e. The van der Waals surface area contributed by atoms with Crippen LogP contribution in [0.15, 0.2) is 54.6 Å². The van der Waals surface area contributed by atoms with E-state index in [9.17, 15) is 14.0 Å². The van der Waals surface area contributed by atoms with Crippen LogP contribution in [0.5, 0.6) is 0 Å². The minimum absolute atomic E-state index is 0.00167. The normalized spacial score (nSPS) is 14.1. The van der Waals surface area contributed by atoms with E-state index < -0.39 is 0 Å². The third-order valence-electron chi connectivity index (χ3n) is 5.16. The van der Waals surface area contributed by atoms with Gasteiger partial charge in [-0.3, -0.25) is 9.59 Å². The second-order valence-electron chi connectivity index (χ2n) is 7.08. The zero-order valence-electron chi connectivity index (χ0n) is 16.4. The molecule has 0 aliphatic carbocycles. The average molecular weight is 427 g/mol. The summed E-state index contributed by atoms with van der Waals surface area (Å²) >= 11 is 6.37. The predicted molar refractivity (Wildman–Crippen MR) is 112 cm³/mol. The number of piperazine rings is 1. The third kappa shape index (κ3) is 3.93. The fourth-order valence-electron chi connectivity index (χ4n) is 3.49. The van der Waals surface area contributed by atoms with Crippen LogP contribution in [0.1, 0.15) is 17.4 Å². The number of benzene rings is 2. The summed E-state index contributed by atoms with van der Waals surface area (Å²) in [7, 11) is 0. The second kappa shape index (κ2) is 8.28. The van der Waals surface area contributed by atoms with E-state index in [4.69, 9.17) is 11.6 Å². The van der Waals surface area contributed by atoms with Gasteiger partial charge in [0.05, 0.1) is 16.4 Å². The van der Waals surface area contributed by atoms with Gasteiger partial charge in [-0.15, -0.1) is 0 Å². The topological polar surface area (TPSA) is 58.4 Å². The molecule has 0 saturated carbocycles. The van der Waals surface area contributed by atoms with Gasteiger partial charge in [-0.1, -0.05) is 23.7 Å². The van der Waals surface area contributed by atoms with E-state index in [0.717, 1.165) is 0 Å². The Morgan fingerprint density at radius 3 is 2.23 bits per heavy atom. The number of carbonyl (C=O) groups excluding carboxylic acids is 2. The number of hydrogen-bond donors (Lipinski definition) is 0. The SMILES string of the molecule is CC(=O)N1CCN(C(=O)c2cc(-c3ccc(F)cc3)nn2-c2ccccc2Cl)CC1. The Labute approximate surface area is 178 Å². The van der Waals surface area contributed by atoms with Crippen molar-refractivity contribution in [3.63, 3.8) is 0 Å². The van der Waals surface area contributed by atoms with E-state index in [2.05, 4.69) is 5.10 Å². The van der Waals surface area contributed by atoms with Crippen LogP contribution in [0.4, 0.5) is 4.39 Å². The minimum atomic E-state index is -0.344. The largest absolute Gasteiger partial charge is 0.339 e. The Morgan fingerprint density at radius 1 is 0.967 bits per heavy atom. The average Bonchev–Trinajstić information content (AvgIpc) is 3.19. The molecular formula is C22H20ClFN4O2. The quantitative estimate of drug-likeness (QED) is 0.642. The van der Waals surface area contributed by atoms with Crippen LogP contribution in [0.2, 0.25) is 5.02 Å². The third-order valence-corrected chi connectivity index (χ3v) is 5.48. The van der Waals surface area contributed by atoms with Crippen LogP contribution >= 0.6 is 11.6 Å². The summed E-state index contributed by atoms with van der Waals surface area (Å²) in [4.78, 5) is 28.3. The summed E-state index contributed by atoms with van der Waals surface area (Å²) in [6.45, 7) is 3.40. The smallest absolute Gasteiger partial charge is 0.272 e. The van der Waals surface area contributed by atoms with Gasteiger partial charge in [0, 0.05) is 38.7 Å². The molecule has 1 fully saturated rings. The van der Waals surface area contributed by atoms with Crippen molar-refractivity contribution >= 4 is 23.4 Å². The molecule has 2 heterocycles. The highest BCUT2D eigenvalue weighted by atomic mass is 35.5. The van der Waals surface area contributed by atoms with Gasteiger partial charge in [-0.2, -0.15) is 5.10 Å². The van der Waals surface area contributed by atoms with E-state index in [1.54, 1.807) is 46.2 Å². The molecule has 1 aliphatic rings. The van der Waals surface area contributed by atoms with Crippen molar-refractivity contribution in [2.24, 2.45) is 0 Å². The van der Waals surface area contributed by atoms with Crippen LogP contribution in [-0.2, 0) is 4.79 Å². The van der Waals surface area contributed by atoms with Crippen molar-refractivity contribution in [1.29, 1.82) is 0 Å². The van der Waals surface area contributed by atoms with Crippen molar-refractivity contribution in [2.45, 2.75) is 6.92 Å². The first kappa shape index (κ1) is 20.1. The van der Waals surface area contributed by atoms with Gasteiger partial charge in [0.2, 0.25) is 5.91 Å². The van der Waals surface area contributed by atoms with Gasteiger partial charge in [-0.05, 0) is 42.5 Å². The van der Waals surface area contributed by atoms with Crippen LogP contribution in [0.25, 0.3) is 16.9 Å². The van der Waals surface area contributed by atoms with Gasteiger partial charge in [0.1, 0.15) is 11.5 Å². The summed E-state index contributed by atoms with van der Waals surface area (Å²) in [5.41, 5.74) is 2.18. The molecule has 1 saturated heterocycles. The molecule has 0 spiro atoms. The standard InChI is InChI=1S/C22H20ClFN4O2/c1-15(29)26-10-12-27(13-11-26)22(30)21-14-19(16-6-8-17(24)9-7-16)25-28(21)20-5-3-2-4-18(20)23/h2-9,14H,10-13H2,1H3. The summed E-state index contributed by atoms with van der Waals surface area (Å²) in [5, 5.41) is 5.06. The first-order chi connectivity index (χ1) is 14.4. The van der Waals surface area contributed by atoms with Crippen molar-refractivity contribution < 1.29 is 14.0 Å². The lowest BCUT2D eigenvalue weighted by Crippen LogP contribution is -2.50. The van der Waals surface area contributed by atoms with Gasteiger partial charge >= 0.3 is 0 Å². The zero-order chi connectivity index (χ0) is 21.3. The molecule has 1 aliphatic heterocycles. The zero-order valence-corrected chi connectivity index (χ0v) is 17.1. The van der Waals surface area contributed by atoms with E-state index in [1.165, 1.54) is 23.7 Å². The van der Waals surface area contributed by atoms with E-state index in [1.807, 2.05) is 6.07 Å². The van der Waals surface area contributed by atoms with E-state index in [0.29, 0.717) is 53.8 Å². The van der Waals surface area contributed by atoms with Crippen molar-refractivity contribution in [2.75, 3.05) is 26.2 Å². The molecule has 0 N–H and O–H groups in total. The Balaban J connectivity index is 1.72. The number of para-hydroxylation sites is 1. The maximum absolute atomic E-state index is 13.3. The molecule has 0 radical (unpaired) electrons. The minimum Gasteiger partial charge on any atom is -0.339 e. The number of carbonyl (C=O) groups is 2. The number of halogens is 2. The molecule has 30 heavy (non-hydrogen) atoms. The lowest BCUT2D eigenvalue weighted by atomic mass is 10.1. The molecule has 0 bridgehead atoms. The van der Waals surface area contributed by atoms with Crippen molar-refractivity contribution in [3.05, 3.63) is 71.1 Å².